The van der Waals surface area contributed by atoms with Gasteiger partial charge in [0, 0.05) is 6.04 Å². The van der Waals surface area contributed by atoms with Crippen molar-refractivity contribution in [1.29, 1.82) is 0 Å². The quantitative estimate of drug-likeness (QED) is 0.656. The number of unbranched alkanes of at least 4 members (excludes halogenated alkanes) is 1. The Morgan fingerprint density at radius 2 is 2.08 bits per heavy atom. The topological polar surface area (TPSA) is 15.3 Å². The summed E-state index contributed by atoms with van der Waals surface area (Å²) in [5, 5.41) is 3.59. The van der Waals surface area contributed by atoms with Crippen molar-refractivity contribution >= 4 is 0 Å². The standard InChI is InChI=1S/C11H24N2/c1-13(2)10-6-4-8-11-7-3-5-9-12-11/h11-12H,3-10H2,1-2H3. The zero-order valence-electron chi connectivity index (χ0n) is 9.18. The summed E-state index contributed by atoms with van der Waals surface area (Å²) in [5.41, 5.74) is 0. The van der Waals surface area contributed by atoms with Crippen molar-refractivity contribution in [2.75, 3.05) is 27.2 Å². The van der Waals surface area contributed by atoms with Gasteiger partial charge >= 0.3 is 0 Å². The second kappa shape index (κ2) is 6.39. The smallest absolute Gasteiger partial charge is 0.00670 e. The Hall–Kier alpha value is -0.0800. The van der Waals surface area contributed by atoms with Gasteiger partial charge in [-0.1, -0.05) is 12.8 Å². The lowest BCUT2D eigenvalue weighted by molar-refractivity contribution is 0.349. The van der Waals surface area contributed by atoms with Crippen molar-refractivity contribution < 1.29 is 0 Å². The molecule has 2 heteroatoms. The molecule has 0 aromatic carbocycles. The van der Waals surface area contributed by atoms with Crippen LogP contribution < -0.4 is 5.32 Å². The Balaban J connectivity index is 1.92. The molecule has 1 aliphatic rings. The maximum Gasteiger partial charge on any atom is 0.00670 e. The SMILES string of the molecule is CN(C)CCCCC1CCCCN1. The summed E-state index contributed by atoms with van der Waals surface area (Å²) in [7, 11) is 4.30. The molecule has 0 spiro atoms. The maximum absolute atomic E-state index is 3.59. The fraction of sp³-hybridized carbons (Fsp3) is 1.00. The van der Waals surface area contributed by atoms with Gasteiger partial charge in [0.25, 0.3) is 0 Å². The molecule has 0 amide bonds. The van der Waals surface area contributed by atoms with Crippen molar-refractivity contribution in [1.82, 2.24) is 10.2 Å². The lowest BCUT2D eigenvalue weighted by atomic mass is 10.00. The molecule has 0 aromatic rings. The van der Waals surface area contributed by atoms with Crippen LogP contribution in [-0.2, 0) is 0 Å². The Bertz CT molecular complexity index is 117. The third-order valence-electron chi connectivity index (χ3n) is 2.82. The van der Waals surface area contributed by atoms with Gasteiger partial charge in [0.15, 0.2) is 0 Å². The van der Waals surface area contributed by atoms with Crippen LogP contribution in [0.1, 0.15) is 38.5 Å². The lowest BCUT2D eigenvalue weighted by Gasteiger charge is -2.23. The van der Waals surface area contributed by atoms with Gasteiger partial charge in [-0.25, -0.2) is 0 Å². The van der Waals surface area contributed by atoms with Crippen LogP contribution in [0.15, 0.2) is 0 Å². The van der Waals surface area contributed by atoms with E-state index in [1.54, 1.807) is 0 Å². The van der Waals surface area contributed by atoms with Crippen molar-refractivity contribution in [3.05, 3.63) is 0 Å². The van der Waals surface area contributed by atoms with Crippen LogP contribution in [0.3, 0.4) is 0 Å². The summed E-state index contributed by atoms with van der Waals surface area (Å²) in [6.07, 6.45) is 8.34. The average molecular weight is 184 g/mol. The van der Waals surface area contributed by atoms with E-state index in [4.69, 9.17) is 0 Å². The van der Waals surface area contributed by atoms with Gasteiger partial charge in [0.2, 0.25) is 0 Å². The predicted octanol–water partition coefficient (Wildman–Crippen LogP) is 1.86. The molecule has 0 saturated carbocycles. The van der Waals surface area contributed by atoms with E-state index in [2.05, 4.69) is 24.3 Å². The molecule has 0 aromatic heterocycles. The zero-order valence-corrected chi connectivity index (χ0v) is 9.18. The van der Waals surface area contributed by atoms with E-state index in [9.17, 15) is 0 Å². The van der Waals surface area contributed by atoms with E-state index >= 15 is 0 Å². The van der Waals surface area contributed by atoms with Gasteiger partial charge in [0.1, 0.15) is 0 Å². The van der Waals surface area contributed by atoms with E-state index in [0.717, 1.165) is 6.04 Å². The largest absolute Gasteiger partial charge is 0.314 e. The molecule has 1 saturated heterocycles. The van der Waals surface area contributed by atoms with E-state index in [-0.39, 0.29) is 0 Å². The van der Waals surface area contributed by atoms with E-state index in [1.165, 1.54) is 51.6 Å². The monoisotopic (exact) mass is 184 g/mol. The van der Waals surface area contributed by atoms with Crippen molar-refractivity contribution in [2.45, 2.75) is 44.6 Å². The van der Waals surface area contributed by atoms with Crippen LogP contribution in [0.4, 0.5) is 0 Å². The van der Waals surface area contributed by atoms with E-state index in [0.29, 0.717) is 0 Å². The van der Waals surface area contributed by atoms with Gasteiger partial charge in [-0.2, -0.15) is 0 Å². The number of hydrogen-bond acceptors (Lipinski definition) is 2. The van der Waals surface area contributed by atoms with Gasteiger partial charge in [-0.3, -0.25) is 0 Å². The molecule has 2 nitrogen and oxygen atoms in total. The summed E-state index contributed by atoms with van der Waals surface area (Å²) < 4.78 is 0. The first-order chi connectivity index (χ1) is 6.29. The lowest BCUT2D eigenvalue weighted by Crippen LogP contribution is -2.33. The zero-order chi connectivity index (χ0) is 9.52. The van der Waals surface area contributed by atoms with Crippen molar-refractivity contribution in [3.63, 3.8) is 0 Å². The third-order valence-corrected chi connectivity index (χ3v) is 2.82. The van der Waals surface area contributed by atoms with Crippen molar-refractivity contribution in [2.24, 2.45) is 0 Å². The van der Waals surface area contributed by atoms with Gasteiger partial charge in [-0.05, 0) is 52.9 Å². The van der Waals surface area contributed by atoms with Crippen LogP contribution in [-0.4, -0.2) is 38.1 Å². The molecule has 0 aliphatic carbocycles. The molecule has 1 unspecified atom stereocenters. The molecule has 0 radical (unpaired) electrons. The fourth-order valence-corrected chi connectivity index (χ4v) is 1.99. The highest BCUT2D eigenvalue weighted by molar-refractivity contribution is 4.71. The summed E-state index contributed by atoms with van der Waals surface area (Å²) in [6, 6.07) is 0.830. The second-order valence-electron chi connectivity index (χ2n) is 4.45. The summed E-state index contributed by atoms with van der Waals surface area (Å²) in [6.45, 7) is 2.49. The van der Waals surface area contributed by atoms with E-state index < -0.39 is 0 Å². The average Bonchev–Trinajstić information content (AvgIpc) is 2.14. The molecule has 13 heavy (non-hydrogen) atoms. The molecule has 0 bridgehead atoms. The maximum atomic E-state index is 3.59. The van der Waals surface area contributed by atoms with Gasteiger partial charge < -0.3 is 10.2 Å². The molecule has 1 rings (SSSR count). The molecule has 1 N–H and O–H groups in total. The molecule has 1 atom stereocenters. The highest BCUT2D eigenvalue weighted by Gasteiger charge is 2.11. The van der Waals surface area contributed by atoms with Crippen LogP contribution in [0.25, 0.3) is 0 Å². The van der Waals surface area contributed by atoms with Crippen LogP contribution >= 0.6 is 0 Å². The second-order valence-corrected chi connectivity index (χ2v) is 4.45. The van der Waals surface area contributed by atoms with Crippen LogP contribution in [0.2, 0.25) is 0 Å². The summed E-state index contributed by atoms with van der Waals surface area (Å²) in [5.74, 6) is 0. The molecular weight excluding hydrogens is 160 g/mol. The third kappa shape index (κ3) is 5.27. The molecule has 1 heterocycles. The Kier molecular flexibility index (Phi) is 5.40. The summed E-state index contributed by atoms with van der Waals surface area (Å²) in [4.78, 5) is 2.27. The van der Waals surface area contributed by atoms with Crippen LogP contribution in [0, 0.1) is 0 Å². The Labute approximate surface area is 82.7 Å². The minimum atomic E-state index is 0.830. The summed E-state index contributed by atoms with van der Waals surface area (Å²) >= 11 is 0. The number of nitrogens with one attached hydrogen (secondary N) is 1. The minimum Gasteiger partial charge on any atom is -0.314 e. The molecular formula is C11H24N2. The van der Waals surface area contributed by atoms with Gasteiger partial charge in [-0.15, -0.1) is 0 Å². The van der Waals surface area contributed by atoms with Gasteiger partial charge in [0.05, 0.1) is 0 Å². The number of hydrogen-bond donors (Lipinski definition) is 1. The minimum absolute atomic E-state index is 0.830. The Morgan fingerprint density at radius 1 is 1.23 bits per heavy atom. The predicted molar refractivity (Wildman–Crippen MR) is 58.0 cm³/mol. The molecule has 1 fully saturated rings. The first-order valence-corrected chi connectivity index (χ1v) is 5.67. The van der Waals surface area contributed by atoms with Crippen LogP contribution in [0.5, 0.6) is 0 Å². The first kappa shape index (κ1) is 11.0. The first-order valence-electron chi connectivity index (χ1n) is 5.67. The highest BCUT2D eigenvalue weighted by atomic mass is 15.0. The molecule has 1 aliphatic heterocycles. The normalized spacial score (nSPS) is 23.8. The van der Waals surface area contributed by atoms with Crippen molar-refractivity contribution in [3.8, 4) is 0 Å². The number of rotatable bonds is 5. The van der Waals surface area contributed by atoms with E-state index in [1.807, 2.05) is 0 Å². The number of piperidine rings is 1. The Morgan fingerprint density at radius 3 is 2.69 bits per heavy atom. The fourth-order valence-electron chi connectivity index (χ4n) is 1.99. The molecule has 78 valence electrons. The number of nitrogens with zero attached hydrogens (tertiary/aromatic N) is 1. The highest BCUT2D eigenvalue weighted by Crippen LogP contribution is 2.12.